The summed E-state index contributed by atoms with van der Waals surface area (Å²) in [7, 11) is 1.52. The Balaban J connectivity index is 1.88. The Kier molecular flexibility index (Phi) is 4.36. The van der Waals surface area contributed by atoms with Gasteiger partial charge in [0.05, 0.1) is 28.9 Å². The average Bonchev–Trinajstić information content (AvgIpc) is 3.17. The summed E-state index contributed by atoms with van der Waals surface area (Å²) < 4.78 is 5.22. The lowest BCUT2D eigenvalue weighted by atomic mass is 10.2. The van der Waals surface area contributed by atoms with Gasteiger partial charge in [-0.05, 0) is 37.3 Å². The maximum Gasteiger partial charge on any atom is 0.259 e. The highest BCUT2D eigenvalue weighted by atomic mass is 35.5. The second-order valence-electron chi connectivity index (χ2n) is 4.85. The minimum atomic E-state index is -0.263. The number of aromatic nitrogens is 2. The van der Waals surface area contributed by atoms with Gasteiger partial charge in [-0.2, -0.15) is 5.10 Å². The van der Waals surface area contributed by atoms with Gasteiger partial charge in [-0.25, -0.2) is 0 Å². The van der Waals surface area contributed by atoms with E-state index in [-0.39, 0.29) is 5.91 Å². The maximum absolute atomic E-state index is 12.5. The van der Waals surface area contributed by atoms with Crippen LogP contribution >= 0.6 is 22.9 Å². The number of rotatable bonds is 4. The number of methoxy groups -OCH3 is 1. The van der Waals surface area contributed by atoms with E-state index in [0.717, 1.165) is 21.1 Å². The Morgan fingerprint density at radius 3 is 2.87 bits per heavy atom. The monoisotopic (exact) mass is 347 g/mol. The van der Waals surface area contributed by atoms with Crippen molar-refractivity contribution in [2.24, 2.45) is 0 Å². The first-order valence-electron chi connectivity index (χ1n) is 6.83. The van der Waals surface area contributed by atoms with Gasteiger partial charge in [0.25, 0.3) is 5.91 Å². The number of benzene rings is 1. The van der Waals surface area contributed by atoms with Crippen LogP contribution in [0.25, 0.3) is 10.6 Å². The van der Waals surface area contributed by atoms with Crippen LogP contribution in [0.1, 0.15) is 15.2 Å². The SMILES string of the molecule is COc1ccc(Cl)cc1C(=O)Nc1cc(-c2ccn[nH]2)sc1C. The topological polar surface area (TPSA) is 67.0 Å². The van der Waals surface area contributed by atoms with Crippen molar-refractivity contribution >= 4 is 34.5 Å². The molecular formula is C16H14ClN3O2S. The van der Waals surface area contributed by atoms with Crippen molar-refractivity contribution in [2.75, 3.05) is 12.4 Å². The smallest absolute Gasteiger partial charge is 0.259 e. The number of anilines is 1. The Morgan fingerprint density at radius 1 is 1.35 bits per heavy atom. The number of hydrogen-bond donors (Lipinski definition) is 2. The molecular weight excluding hydrogens is 334 g/mol. The van der Waals surface area contributed by atoms with Crippen LogP contribution in [0.3, 0.4) is 0 Å². The van der Waals surface area contributed by atoms with E-state index >= 15 is 0 Å². The fourth-order valence-corrected chi connectivity index (χ4v) is 3.30. The molecule has 0 saturated heterocycles. The van der Waals surface area contributed by atoms with E-state index < -0.39 is 0 Å². The molecule has 0 aliphatic heterocycles. The summed E-state index contributed by atoms with van der Waals surface area (Å²) in [6.07, 6.45) is 1.69. The van der Waals surface area contributed by atoms with E-state index in [9.17, 15) is 4.79 Å². The molecule has 0 aliphatic rings. The van der Waals surface area contributed by atoms with Crippen molar-refractivity contribution in [3.05, 3.63) is 52.0 Å². The summed E-state index contributed by atoms with van der Waals surface area (Å²) in [5.74, 6) is 0.218. The van der Waals surface area contributed by atoms with Crippen LogP contribution in [0, 0.1) is 6.92 Å². The van der Waals surface area contributed by atoms with Crippen molar-refractivity contribution in [1.29, 1.82) is 0 Å². The summed E-state index contributed by atoms with van der Waals surface area (Å²) in [4.78, 5) is 14.5. The number of carbonyl (C=O) groups excluding carboxylic acids is 1. The van der Waals surface area contributed by atoms with Crippen molar-refractivity contribution in [3.63, 3.8) is 0 Å². The molecule has 0 atom stereocenters. The number of carbonyl (C=O) groups is 1. The van der Waals surface area contributed by atoms with Crippen molar-refractivity contribution in [3.8, 4) is 16.3 Å². The minimum Gasteiger partial charge on any atom is -0.496 e. The van der Waals surface area contributed by atoms with Crippen molar-refractivity contribution < 1.29 is 9.53 Å². The molecule has 23 heavy (non-hydrogen) atoms. The molecule has 3 rings (SSSR count). The zero-order chi connectivity index (χ0) is 16.4. The van der Waals surface area contributed by atoms with E-state index in [1.54, 1.807) is 35.7 Å². The molecule has 7 heteroatoms. The maximum atomic E-state index is 12.5. The van der Waals surface area contributed by atoms with E-state index in [1.807, 2.05) is 19.1 Å². The largest absolute Gasteiger partial charge is 0.496 e. The Bertz CT molecular complexity index is 843. The van der Waals surface area contributed by atoms with Crippen LogP contribution in [-0.2, 0) is 0 Å². The third-order valence-corrected chi connectivity index (χ3v) is 4.66. The molecule has 2 heterocycles. The molecule has 3 aromatic rings. The molecule has 2 aromatic heterocycles. The first-order chi connectivity index (χ1) is 11.1. The fraction of sp³-hybridized carbons (Fsp3) is 0.125. The predicted octanol–water partition coefficient (Wildman–Crippen LogP) is 4.36. The standard InChI is InChI=1S/C16H14ClN3O2S/c1-9-13(8-15(23-9)12-5-6-18-20-12)19-16(21)11-7-10(17)3-4-14(11)22-2/h3-8H,1-2H3,(H,18,20)(H,19,21). The third-order valence-electron chi connectivity index (χ3n) is 3.34. The van der Waals surface area contributed by atoms with Crippen LogP contribution in [0.4, 0.5) is 5.69 Å². The normalized spacial score (nSPS) is 10.6. The number of halogens is 1. The third kappa shape index (κ3) is 3.23. The predicted molar refractivity (Wildman–Crippen MR) is 92.6 cm³/mol. The zero-order valence-electron chi connectivity index (χ0n) is 12.5. The van der Waals surface area contributed by atoms with Gasteiger partial charge < -0.3 is 10.1 Å². The lowest BCUT2D eigenvalue weighted by molar-refractivity contribution is 0.102. The first-order valence-corrected chi connectivity index (χ1v) is 8.03. The van der Waals surface area contributed by atoms with Gasteiger partial charge in [0.1, 0.15) is 5.75 Å². The highest BCUT2D eigenvalue weighted by Gasteiger charge is 2.16. The number of ether oxygens (including phenoxy) is 1. The molecule has 0 spiro atoms. The zero-order valence-corrected chi connectivity index (χ0v) is 14.1. The molecule has 0 bridgehead atoms. The highest BCUT2D eigenvalue weighted by molar-refractivity contribution is 7.16. The lowest BCUT2D eigenvalue weighted by Crippen LogP contribution is -2.13. The van der Waals surface area contributed by atoms with E-state index in [0.29, 0.717) is 16.3 Å². The summed E-state index contributed by atoms with van der Waals surface area (Å²) >= 11 is 7.56. The average molecular weight is 348 g/mol. The number of thiophene rings is 1. The molecule has 1 amide bonds. The summed E-state index contributed by atoms with van der Waals surface area (Å²) in [5, 5.41) is 10.2. The Hall–Kier alpha value is -2.31. The van der Waals surface area contributed by atoms with Gasteiger partial charge in [0.2, 0.25) is 0 Å². The second-order valence-corrected chi connectivity index (χ2v) is 6.54. The van der Waals surface area contributed by atoms with Gasteiger partial charge in [-0.1, -0.05) is 11.6 Å². The summed E-state index contributed by atoms with van der Waals surface area (Å²) in [6, 6.07) is 8.75. The fourth-order valence-electron chi connectivity index (χ4n) is 2.18. The molecule has 0 radical (unpaired) electrons. The number of nitrogens with zero attached hydrogens (tertiary/aromatic N) is 1. The Labute approximate surface area is 142 Å². The molecule has 5 nitrogen and oxygen atoms in total. The number of nitrogens with one attached hydrogen (secondary N) is 2. The number of hydrogen-bond acceptors (Lipinski definition) is 4. The molecule has 2 N–H and O–H groups in total. The molecule has 0 saturated carbocycles. The van der Waals surface area contributed by atoms with E-state index in [4.69, 9.17) is 16.3 Å². The lowest BCUT2D eigenvalue weighted by Gasteiger charge is -2.09. The van der Waals surface area contributed by atoms with Gasteiger partial charge in [0, 0.05) is 16.1 Å². The molecule has 0 aliphatic carbocycles. The quantitative estimate of drug-likeness (QED) is 0.736. The van der Waals surface area contributed by atoms with Crippen LogP contribution in [-0.4, -0.2) is 23.2 Å². The van der Waals surface area contributed by atoms with Crippen LogP contribution < -0.4 is 10.1 Å². The summed E-state index contributed by atoms with van der Waals surface area (Å²) in [5.41, 5.74) is 2.07. The van der Waals surface area contributed by atoms with Gasteiger partial charge in [-0.15, -0.1) is 11.3 Å². The molecule has 118 valence electrons. The minimum absolute atomic E-state index is 0.263. The first kappa shape index (κ1) is 15.6. The second kappa shape index (κ2) is 6.44. The van der Waals surface area contributed by atoms with Gasteiger partial charge >= 0.3 is 0 Å². The van der Waals surface area contributed by atoms with Crippen LogP contribution in [0.15, 0.2) is 36.5 Å². The number of aryl methyl sites for hydroxylation is 1. The van der Waals surface area contributed by atoms with Gasteiger partial charge in [-0.3, -0.25) is 9.89 Å². The number of amides is 1. The molecule has 0 unspecified atom stereocenters. The highest BCUT2D eigenvalue weighted by Crippen LogP contribution is 2.34. The molecule has 0 fully saturated rings. The number of aromatic amines is 1. The van der Waals surface area contributed by atoms with Crippen LogP contribution in [0.2, 0.25) is 5.02 Å². The summed E-state index contributed by atoms with van der Waals surface area (Å²) in [6.45, 7) is 1.95. The van der Waals surface area contributed by atoms with Crippen molar-refractivity contribution in [2.45, 2.75) is 6.92 Å². The number of H-pyrrole nitrogens is 1. The van der Waals surface area contributed by atoms with E-state index in [2.05, 4.69) is 15.5 Å². The Morgan fingerprint density at radius 2 is 2.17 bits per heavy atom. The van der Waals surface area contributed by atoms with Gasteiger partial charge in [0.15, 0.2) is 0 Å². The molecule has 1 aromatic carbocycles. The van der Waals surface area contributed by atoms with E-state index in [1.165, 1.54) is 7.11 Å². The van der Waals surface area contributed by atoms with Crippen LogP contribution in [0.5, 0.6) is 5.75 Å². The van der Waals surface area contributed by atoms with Crippen molar-refractivity contribution in [1.82, 2.24) is 10.2 Å².